The predicted octanol–water partition coefficient (Wildman–Crippen LogP) is 4.98. The van der Waals surface area contributed by atoms with E-state index in [4.69, 9.17) is 17.3 Å². The van der Waals surface area contributed by atoms with E-state index >= 15 is 0 Å². The Morgan fingerprint density at radius 2 is 1.49 bits per heavy atom. The third-order valence-electron chi connectivity index (χ3n) is 7.64. The first-order valence-electron chi connectivity index (χ1n) is 14.3. The minimum absolute atomic E-state index is 0.100. The van der Waals surface area contributed by atoms with Crippen molar-refractivity contribution in [2.24, 2.45) is 5.73 Å². The number of nitrogens with two attached hydrogens (primary N) is 1. The van der Waals surface area contributed by atoms with Crippen LogP contribution in [0.4, 0.5) is 11.4 Å². The molecular weight excluding hydrogens is 536 g/mol. The molecule has 3 N–H and O–H groups in total. The number of hydrogen-bond acceptors (Lipinski definition) is 5. The molecule has 0 radical (unpaired) electrons. The summed E-state index contributed by atoms with van der Waals surface area (Å²) in [6.07, 6.45) is 2.64. The minimum Gasteiger partial charge on any atom is -0.368 e. The molecule has 0 atom stereocenters. The number of primary amides is 1. The van der Waals surface area contributed by atoms with Gasteiger partial charge in [0, 0.05) is 73.7 Å². The van der Waals surface area contributed by atoms with Crippen LogP contribution in [-0.2, 0) is 24.2 Å². The van der Waals surface area contributed by atoms with Gasteiger partial charge in [-0.2, -0.15) is 0 Å². The maximum atomic E-state index is 12.3. The molecule has 1 fully saturated rings. The van der Waals surface area contributed by atoms with Crippen molar-refractivity contribution in [3.8, 4) is 0 Å². The monoisotopic (exact) mass is 572 g/mol. The molecule has 0 bridgehead atoms. The van der Waals surface area contributed by atoms with E-state index in [0.29, 0.717) is 47.9 Å². The fourth-order valence-electron chi connectivity index (χ4n) is 5.49. The summed E-state index contributed by atoms with van der Waals surface area (Å²) in [7, 11) is 0. The first-order valence-corrected chi connectivity index (χ1v) is 14.7. The Kier molecular flexibility index (Phi) is 8.78. The molecule has 0 aliphatic carbocycles. The molecule has 41 heavy (non-hydrogen) atoms. The number of imidazole rings is 1. The fraction of sp³-hybridized carbons (Fsp3) is 0.344. The Morgan fingerprint density at radius 1 is 0.902 bits per heavy atom. The largest absolute Gasteiger partial charge is 0.368 e. The number of halogens is 1. The number of carbonyl (C=O) groups excluding carboxylic acids is 2. The van der Waals surface area contributed by atoms with Gasteiger partial charge in [0.25, 0.3) is 5.91 Å². The molecule has 2 amide bonds. The number of pyridine rings is 1. The number of piperazine rings is 1. The predicted molar refractivity (Wildman–Crippen MR) is 165 cm³/mol. The van der Waals surface area contributed by atoms with Gasteiger partial charge >= 0.3 is 0 Å². The lowest BCUT2D eigenvalue weighted by Crippen LogP contribution is -2.46. The summed E-state index contributed by atoms with van der Waals surface area (Å²) in [5, 5.41) is 3.56. The van der Waals surface area contributed by atoms with Crippen LogP contribution in [0.3, 0.4) is 0 Å². The zero-order valence-electron chi connectivity index (χ0n) is 23.7. The summed E-state index contributed by atoms with van der Waals surface area (Å²) >= 11 is 6.41. The van der Waals surface area contributed by atoms with E-state index in [-0.39, 0.29) is 5.91 Å². The van der Waals surface area contributed by atoms with Crippen molar-refractivity contribution in [1.29, 1.82) is 0 Å². The van der Waals surface area contributed by atoms with Crippen molar-refractivity contribution in [2.75, 3.05) is 36.0 Å². The van der Waals surface area contributed by atoms with E-state index in [1.807, 2.05) is 24.3 Å². The summed E-state index contributed by atoms with van der Waals surface area (Å²) in [6.45, 7) is 8.27. The molecular formula is C32H37ClN6O2. The summed E-state index contributed by atoms with van der Waals surface area (Å²) in [5.41, 5.74) is 13.0. The molecule has 2 aromatic heterocycles. The van der Waals surface area contributed by atoms with Crippen molar-refractivity contribution in [3.63, 3.8) is 0 Å². The fourth-order valence-corrected chi connectivity index (χ4v) is 5.71. The van der Waals surface area contributed by atoms with Crippen molar-refractivity contribution < 1.29 is 9.59 Å². The number of amides is 2. The molecule has 0 unspecified atom stereocenters. The minimum atomic E-state index is -0.487. The number of fused-ring (bicyclic) bond motifs is 1. The van der Waals surface area contributed by atoms with Crippen molar-refractivity contribution >= 4 is 40.4 Å². The molecule has 2 aromatic carbocycles. The first-order chi connectivity index (χ1) is 19.9. The van der Waals surface area contributed by atoms with Crippen LogP contribution in [0.15, 0.2) is 60.7 Å². The van der Waals surface area contributed by atoms with Crippen LogP contribution in [0.5, 0.6) is 0 Å². The van der Waals surface area contributed by atoms with Crippen molar-refractivity contribution in [2.45, 2.75) is 46.1 Å². The lowest BCUT2D eigenvalue weighted by Gasteiger charge is -2.37. The topological polar surface area (TPSA) is 96.0 Å². The Labute approximate surface area is 246 Å². The van der Waals surface area contributed by atoms with E-state index in [2.05, 4.69) is 68.6 Å². The van der Waals surface area contributed by atoms with E-state index in [1.54, 1.807) is 6.07 Å². The van der Waals surface area contributed by atoms with Gasteiger partial charge in [0.05, 0.1) is 5.69 Å². The van der Waals surface area contributed by atoms with Crippen molar-refractivity contribution in [1.82, 2.24) is 14.7 Å². The molecule has 5 rings (SSSR count). The number of benzene rings is 2. The van der Waals surface area contributed by atoms with Crippen LogP contribution in [-0.4, -0.2) is 47.4 Å². The molecule has 9 heteroatoms. The highest BCUT2D eigenvalue weighted by atomic mass is 35.5. The molecule has 8 nitrogen and oxygen atoms in total. The summed E-state index contributed by atoms with van der Waals surface area (Å²) < 4.78 is 1.84. The van der Waals surface area contributed by atoms with E-state index in [0.717, 1.165) is 49.4 Å². The maximum absolute atomic E-state index is 12.3. The molecule has 1 aliphatic heterocycles. The van der Waals surface area contributed by atoms with Gasteiger partial charge in [-0.1, -0.05) is 49.7 Å². The smallest absolute Gasteiger partial charge is 0.267 e. The number of aromatic nitrogens is 2. The lowest BCUT2D eigenvalue weighted by atomic mass is 10.1. The van der Waals surface area contributed by atoms with Gasteiger partial charge in [0.1, 0.15) is 11.3 Å². The van der Waals surface area contributed by atoms with Gasteiger partial charge in [0.15, 0.2) is 0 Å². The maximum Gasteiger partial charge on any atom is 0.267 e. The highest BCUT2D eigenvalue weighted by molar-refractivity contribution is 6.31. The average Bonchev–Trinajstić information content (AvgIpc) is 3.36. The summed E-state index contributed by atoms with van der Waals surface area (Å²) in [4.78, 5) is 33.4. The number of hydrogen-bond donors (Lipinski definition) is 2. The van der Waals surface area contributed by atoms with Crippen LogP contribution >= 0.6 is 11.6 Å². The van der Waals surface area contributed by atoms with Crippen LogP contribution < -0.4 is 20.9 Å². The quantitative estimate of drug-likeness (QED) is 0.279. The zero-order valence-corrected chi connectivity index (χ0v) is 24.5. The standard InChI is InChI=1S/C32H37ClN6O2/c1-3-5-30(40)35-21-23-8-12-26(13-9-23)38-16-14-37(15-17-38)25-10-6-22(7-11-25)18-27-19-24(33)20-29-36-28(4-2)31(32(34)41)39(27)29/h6-13,19-20H,3-5,14-18,21H2,1-2H3,(H2,34,41)(H,35,40). The molecule has 3 heterocycles. The van der Waals surface area contributed by atoms with E-state index in [9.17, 15) is 9.59 Å². The first kappa shape index (κ1) is 28.5. The highest BCUT2D eigenvalue weighted by Gasteiger charge is 2.20. The van der Waals surface area contributed by atoms with Gasteiger partial charge in [0.2, 0.25) is 5.91 Å². The van der Waals surface area contributed by atoms with Gasteiger partial charge in [-0.3, -0.25) is 14.0 Å². The Balaban J connectivity index is 1.21. The number of nitrogens with zero attached hydrogens (tertiary/aromatic N) is 4. The van der Waals surface area contributed by atoms with E-state index < -0.39 is 5.91 Å². The molecule has 0 spiro atoms. The van der Waals surface area contributed by atoms with Crippen molar-refractivity contribution in [3.05, 3.63) is 93.9 Å². The average molecular weight is 573 g/mol. The lowest BCUT2D eigenvalue weighted by molar-refractivity contribution is -0.121. The number of nitrogens with one attached hydrogen (secondary N) is 1. The van der Waals surface area contributed by atoms with Gasteiger partial charge in [-0.25, -0.2) is 4.98 Å². The number of rotatable bonds is 10. The second-order valence-corrected chi connectivity index (χ2v) is 10.9. The van der Waals surface area contributed by atoms with Crippen LogP contribution in [0.25, 0.3) is 5.65 Å². The number of carbonyl (C=O) groups is 2. The van der Waals surface area contributed by atoms with E-state index in [1.165, 1.54) is 11.4 Å². The molecule has 1 aliphatic rings. The SMILES string of the molecule is CCCC(=O)NCc1ccc(N2CCN(c3ccc(Cc4cc(Cl)cc5nc(CC)c(C(N)=O)n45)cc3)CC2)cc1. The molecule has 0 saturated carbocycles. The summed E-state index contributed by atoms with van der Waals surface area (Å²) in [5.74, 6) is -0.386. The molecule has 1 saturated heterocycles. The third-order valence-corrected chi connectivity index (χ3v) is 7.86. The van der Waals surface area contributed by atoms with Crippen LogP contribution in [0.1, 0.15) is 59.7 Å². The zero-order chi connectivity index (χ0) is 28.9. The van der Waals surface area contributed by atoms with Gasteiger partial charge < -0.3 is 20.9 Å². The molecule has 214 valence electrons. The summed E-state index contributed by atoms with van der Waals surface area (Å²) in [6, 6.07) is 20.7. The molecule has 4 aromatic rings. The van der Waals surface area contributed by atoms with Gasteiger partial charge in [-0.05, 0) is 54.3 Å². The second-order valence-electron chi connectivity index (χ2n) is 10.5. The van der Waals surface area contributed by atoms with Gasteiger partial charge in [-0.15, -0.1) is 0 Å². The highest BCUT2D eigenvalue weighted by Crippen LogP contribution is 2.25. The number of anilines is 2. The number of aryl methyl sites for hydroxylation is 1. The Bertz CT molecular complexity index is 1520. The van der Waals surface area contributed by atoms with Crippen LogP contribution in [0, 0.1) is 0 Å². The normalized spacial score (nSPS) is 13.5. The van der Waals surface area contributed by atoms with Crippen LogP contribution in [0.2, 0.25) is 5.02 Å². The third kappa shape index (κ3) is 6.49. The Morgan fingerprint density at radius 3 is 2.02 bits per heavy atom. The Hall–Kier alpha value is -4.04. The second kappa shape index (κ2) is 12.6.